The second-order valence-corrected chi connectivity index (χ2v) is 10.5. The van der Waals surface area contributed by atoms with Crippen molar-refractivity contribution in [3.05, 3.63) is 174 Å². The monoisotopic (exact) mass is 636 g/mol. The number of hydrogen-bond acceptors (Lipinski definition) is 1. The van der Waals surface area contributed by atoms with Crippen LogP contribution in [0, 0.1) is 18.1 Å². The van der Waals surface area contributed by atoms with Crippen LogP contribution in [0.5, 0.6) is 0 Å². The Bertz CT molecular complexity index is 1470. The van der Waals surface area contributed by atoms with Gasteiger partial charge in [0.1, 0.15) is 0 Å². The van der Waals surface area contributed by atoms with Gasteiger partial charge in [0, 0.05) is 6.26 Å². The molecule has 0 fully saturated rings. The van der Waals surface area contributed by atoms with Crippen molar-refractivity contribution in [2.45, 2.75) is 13.3 Å². The molecule has 4 heteroatoms. The van der Waals surface area contributed by atoms with Crippen LogP contribution in [0.15, 0.2) is 138 Å². The first-order valence-corrected chi connectivity index (χ1v) is 14.0. The summed E-state index contributed by atoms with van der Waals surface area (Å²) in [5.74, 6) is 0.444. The summed E-state index contributed by atoms with van der Waals surface area (Å²) in [4.78, 5) is 0. The van der Waals surface area contributed by atoms with E-state index in [1.807, 2.05) is 12.1 Å². The zero-order valence-corrected chi connectivity index (χ0v) is 26.1. The molecule has 0 spiro atoms. The first-order valence-electron chi connectivity index (χ1n) is 12.8. The van der Waals surface area contributed by atoms with Crippen molar-refractivity contribution in [3.63, 3.8) is 0 Å². The van der Waals surface area contributed by atoms with Crippen molar-refractivity contribution in [2.24, 2.45) is 5.92 Å². The van der Waals surface area contributed by atoms with Crippen LogP contribution in [0.25, 0.3) is 16.7 Å². The van der Waals surface area contributed by atoms with E-state index in [-0.39, 0.29) is 24.8 Å². The van der Waals surface area contributed by atoms with Crippen LogP contribution in [0.2, 0.25) is 0 Å². The van der Waals surface area contributed by atoms with Gasteiger partial charge in [-0.1, -0.05) is 59.9 Å². The van der Waals surface area contributed by atoms with E-state index in [1.54, 1.807) is 12.5 Å². The van der Waals surface area contributed by atoms with E-state index in [2.05, 4.69) is 128 Å². The van der Waals surface area contributed by atoms with Gasteiger partial charge in [0.15, 0.2) is 0 Å². The molecule has 0 bridgehead atoms. The summed E-state index contributed by atoms with van der Waals surface area (Å²) < 4.78 is 6.38. The molecule has 2 aliphatic rings. The van der Waals surface area contributed by atoms with Gasteiger partial charge >= 0.3 is 99.2 Å². The van der Waals surface area contributed by atoms with Gasteiger partial charge in [-0.3, -0.25) is 0 Å². The largest absolute Gasteiger partial charge is 0.179 e. The van der Waals surface area contributed by atoms with Crippen LogP contribution < -0.4 is 24.8 Å². The molecule has 1 unspecified atom stereocenters. The fourth-order valence-corrected chi connectivity index (χ4v) is 5.37. The number of furan rings is 1. The molecule has 4 aromatic carbocycles. The van der Waals surface area contributed by atoms with Crippen LogP contribution in [-0.4, -0.2) is 3.21 Å². The van der Waals surface area contributed by atoms with E-state index in [0.29, 0.717) is 5.92 Å². The van der Waals surface area contributed by atoms with Crippen molar-refractivity contribution in [1.82, 2.24) is 0 Å². The normalized spacial score (nSPS) is 13.6. The maximum Gasteiger partial charge on any atom is -0.0253 e. The standard InChI is InChI=1S/C13H9.C13H10.C10H9O.2ClH.Zr/c1-3-7-12-10(5-1)9-11-6-2-4-8-13(11)12;1-3-7-12(8-4-1)11-13-9-5-2-6-10-13;1-8-2-3-9(6-8)10-4-5-11-7-10;;;/h1-5,7-8H,9H2;1-10H;2-5,7-8H,1H3;2*1H;/q-1;;-1;;;+2/p-2. The molecule has 0 amide bonds. The first-order chi connectivity index (χ1) is 18.7. The molecule has 7 rings (SSSR count). The minimum absolute atomic E-state index is 0. The molecular formula is C36H28Cl2OZr-2. The molecule has 198 valence electrons. The molecule has 1 aromatic heterocycles. The van der Waals surface area contributed by atoms with E-state index >= 15 is 0 Å². The fraction of sp³-hybridized carbons (Fsp3) is 0.0833. The van der Waals surface area contributed by atoms with Crippen molar-refractivity contribution < 1.29 is 53.5 Å². The molecule has 1 nitrogen and oxygen atoms in total. The van der Waals surface area contributed by atoms with E-state index in [0.717, 1.165) is 17.6 Å². The van der Waals surface area contributed by atoms with E-state index in [1.165, 1.54) is 60.8 Å². The number of rotatable bonds is 3. The summed E-state index contributed by atoms with van der Waals surface area (Å²) in [6, 6.07) is 41.2. The molecule has 0 saturated carbocycles. The molecule has 0 radical (unpaired) electrons. The Morgan fingerprint density at radius 2 is 1.40 bits per heavy atom. The molecule has 0 N–H and O–H groups in total. The van der Waals surface area contributed by atoms with Crippen molar-refractivity contribution in [3.8, 4) is 11.1 Å². The Morgan fingerprint density at radius 3 is 2.00 bits per heavy atom. The predicted molar refractivity (Wildman–Crippen MR) is 153 cm³/mol. The van der Waals surface area contributed by atoms with Crippen molar-refractivity contribution >= 4 is 8.78 Å². The molecule has 5 aromatic rings. The molecule has 0 saturated heterocycles. The quantitative estimate of drug-likeness (QED) is 0.272. The van der Waals surface area contributed by atoms with Gasteiger partial charge in [-0.25, -0.2) is 0 Å². The minimum atomic E-state index is 0. The average Bonchev–Trinajstić information content (AvgIpc) is 3.74. The van der Waals surface area contributed by atoms with E-state index in [4.69, 9.17) is 4.42 Å². The number of hydrogen-bond donors (Lipinski definition) is 0. The van der Waals surface area contributed by atoms with Crippen LogP contribution >= 0.6 is 0 Å². The summed E-state index contributed by atoms with van der Waals surface area (Å²) in [5, 5.41) is 0. The van der Waals surface area contributed by atoms with Gasteiger partial charge in [-0.05, 0) is 6.42 Å². The Hall–Kier alpha value is -3.03. The zero-order valence-electron chi connectivity index (χ0n) is 22.2. The van der Waals surface area contributed by atoms with Crippen LogP contribution in [-0.2, 0) is 30.7 Å². The first kappa shape index (κ1) is 31.5. The fourth-order valence-electron chi connectivity index (χ4n) is 4.55. The zero-order chi connectivity index (χ0) is 26.2. The third-order valence-corrected chi connectivity index (χ3v) is 7.93. The summed E-state index contributed by atoms with van der Waals surface area (Å²) in [7, 11) is 0. The third kappa shape index (κ3) is 8.01. The third-order valence-electron chi connectivity index (χ3n) is 6.51. The average molecular weight is 639 g/mol. The van der Waals surface area contributed by atoms with E-state index in [9.17, 15) is 0 Å². The molecule has 0 aliphatic heterocycles. The van der Waals surface area contributed by atoms with Gasteiger partial charge in [0.05, 0.1) is 6.26 Å². The summed E-state index contributed by atoms with van der Waals surface area (Å²) in [6.45, 7) is 2.11. The summed E-state index contributed by atoms with van der Waals surface area (Å²) in [6.07, 6.45) is 12.0. The van der Waals surface area contributed by atoms with E-state index < -0.39 is 0 Å². The molecule has 2 aliphatic carbocycles. The van der Waals surface area contributed by atoms with Gasteiger partial charge in [0.2, 0.25) is 0 Å². The van der Waals surface area contributed by atoms with Crippen LogP contribution in [0.3, 0.4) is 0 Å². The molecule has 1 heterocycles. The molecular weight excluding hydrogens is 611 g/mol. The minimum Gasteiger partial charge on any atom is -0.179 e. The van der Waals surface area contributed by atoms with Gasteiger partial charge < -0.3 is 29.2 Å². The van der Waals surface area contributed by atoms with Gasteiger partial charge in [-0.2, -0.15) is 47.6 Å². The SMILES string of the molecule is CC1[C-]=C(c2ccoc2)C=C1.[Cl-].[Cl-].[Zr+2]=[C](c1ccccc1)c1ccccc1.[c-]1cccc2c1Cc1ccccc1-2. The number of allylic oxidation sites excluding steroid dienone is 4. The Morgan fingerprint density at radius 1 is 0.775 bits per heavy atom. The predicted octanol–water partition coefficient (Wildman–Crippen LogP) is 2.54. The Labute approximate surface area is 264 Å². The second kappa shape index (κ2) is 15.7. The Kier molecular flexibility index (Phi) is 12.3. The van der Waals surface area contributed by atoms with Crippen molar-refractivity contribution in [1.29, 1.82) is 0 Å². The van der Waals surface area contributed by atoms with Crippen LogP contribution in [0.1, 0.15) is 34.7 Å². The second-order valence-electron chi connectivity index (χ2n) is 9.22. The number of fused-ring (bicyclic) bond motifs is 3. The van der Waals surface area contributed by atoms with Gasteiger partial charge in [0.25, 0.3) is 0 Å². The maximum absolute atomic E-state index is 4.97. The van der Waals surface area contributed by atoms with Gasteiger partial charge in [-0.15, -0.1) is 11.6 Å². The number of benzene rings is 4. The summed E-state index contributed by atoms with van der Waals surface area (Å²) >= 11 is 1.46. The Balaban J connectivity index is 0.000000162. The summed E-state index contributed by atoms with van der Waals surface area (Å²) in [5.41, 5.74) is 10.4. The maximum atomic E-state index is 4.97. The van der Waals surface area contributed by atoms with Crippen molar-refractivity contribution in [2.75, 3.05) is 0 Å². The van der Waals surface area contributed by atoms with Crippen LogP contribution in [0.4, 0.5) is 0 Å². The molecule has 40 heavy (non-hydrogen) atoms. The number of halogens is 2. The topological polar surface area (TPSA) is 13.1 Å². The smallest absolute Gasteiger partial charge is 0.0253 e. The molecule has 1 atom stereocenters.